The van der Waals surface area contributed by atoms with Crippen molar-refractivity contribution in [3.63, 3.8) is 0 Å². The highest BCUT2D eigenvalue weighted by molar-refractivity contribution is 5.89. The Kier molecular flexibility index (Phi) is 5.96. The average molecular weight is 398 g/mol. The average Bonchev–Trinajstić information content (AvgIpc) is 2.69. The van der Waals surface area contributed by atoms with Crippen LogP contribution < -0.4 is 24.5 Å². The van der Waals surface area contributed by atoms with Gasteiger partial charge in [-0.3, -0.25) is 9.36 Å². The number of hydrogen-bond donors (Lipinski definition) is 0. The molecule has 3 aromatic rings. The summed E-state index contributed by atoms with van der Waals surface area (Å²) in [5.74, 6) is 2.04. The van der Waals surface area contributed by atoms with Gasteiger partial charge in [0.05, 0.1) is 39.6 Å². The molecule has 7 nitrogen and oxygen atoms in total. The topological polar surface area (TPSA) is 71.8 Å². The van der Waals surface area contributed by atoms with Crippen molar-refractivity contribution in [1.82, 2.24) is 9.55 Å². The molecule has 0 aliphatic heterocycles. The van der Waals surface area contributed by atoms with E-state index in [0.29, 0.717) is 41.3 Å². The van der Waals surface area contributed by atoms with Gasteiger partial charge in [0.1, 0.15) is 17.9 Å². The summed E-state index contributed by atoms with van der Waals surface area (Å²) in [5.41, 5.74) is 3.58. The van der Waals surface area contributed by atoms with Crippen LogP contribution in [0, 0.1) is 20.8 Å². The van der Waals surface area contributed by atoms with Crippen LogP contribution in [0.15, 0.2) is 29.3 Å². The van der Waals surface area contributed by atoms with Crippen LogP contribution >= 0.6 is 0 Å². The fourth-order valence-corrected chi connectivity index (χ4v) is 3.57. The Morgan fingerprint density at radius 1 is 0.897 bits per heavy atom. The molecule has 0 aliphatic rings. The molecule has 0 fully saturated rings. The molecule has 0 spiro atoms. The first kappa shape index (κ1) is 20.5. The minimum Gasteiger partial charge on any atom is -0.493 e. The minimum atomic E-state index is -0.199. The van der Waals surface area contributed by atoms with Crippen molar-refractivity contribution in [2.45, 2.75) is 27.3 Å². The first-order valence-electron chi connectivity index (χ1n) is 9.30. The molecule has 3 rings (SSSR count). The predicted octanol–water partition coefficient (Wildman–Crippen LogP) is 3.43. The maximum atomic E-state index is 13.0. The van der Waals surface area contributed by atoms with Crippen LogP contribution in [0.4, 0.5) is 0 Å². The van der Waals surface area contributed by atoms with E-state index >= 15 is 0 Å². The van der Waals surface area contributed by atoms with Gasteiger partial charge < -0.3 is 18.9 Å². The normalized spacial score (nSPS) is 10.8. The summed E-state index contributed by atoms with van der Waals surface area (Å²) in [7, 11) is 4.53. The lowest BCUT2D eigenvalue weighted by Crippen LogP contribution is -2.24. The summed E-state index contributed by atoms with van der Waals surface area (Å²) in [4.78, 5) is 17.4. The lowest BCUT2D eigenvalue weighted by Gasteiger charge is -2.16. The van der Waals surface area contributed by atoms with E-state index in [4.69, 9.17) is 18.9 Å². The highest BCUT2D eigenvalue weighted by Crippen LogP contribution is 2.41. The number of rotatable bonds is 7. The lowest BCUT2D eigenvalue weighted by atomic mass is 10.1. The SMILES string of the molecule is COc1cc2c(=O)n(CCOc3c(C)cc(C)cc3C)cnc2c(OC)c1OC. The molecule has 0 unspecified atom stereocenters. The van der Waals surface area contributed by atoms with Crippen LogP contribution in [-0.4, -0.2) is 37.5 Å². The lowest BCUT2D eigenvalue weighted by molar-refractivity contribution is 0.292. The molecule has 0 saturated heterocycles. The number of ether oxygens (including phenoxy) is 4. The highest BCUT2D eigenvalue weighted by atomic mass is 16.5. The molecule has 154 valence electrons. The molecule has 0 amide bonds. The molecule has 1 heterocycles. The van der Waals surface area contributed by atoms with Crippen LogP contribution in [-0.2, 0) is 6.54 Å². The molecule has 0 bridgehead atoms. The van der Waals surface area contributed by atoms with Crippen molar-refractivity contribution >= 4 is 10.9 Å². The van der Waals surface area contributed by atoms with Gasteiger partial charge in [0.25, 0.3) is 5.56 Å². The Morgan fingerprint density at radius 3 is 2.14 bits per heavy atom. The van der Waals surface area contributed by atoms with Gasteiger partial charge in [-0.05, 0) is 38.0 Å². The van der Waals surface area contributed by atoms with Gasteiger partial charge in [-0.25, -0.2) is 4.98 Å². The van der Waals surface area contributed by atoms with Crippen LogP contribution in [0.1, 0.15) is 16.7 Å². The van der Waals surface area contributed by atoms with E-state index in [0.717, 1.165) is 16.9 Å². The zero-order valence-electron chi connectivity index (χ0n) is 17.7. The molecular weight excluding hydrogens is 372 g/mol. The van der Waals surface area contributed by atoms with Gasteiger partial charge in [-0.15, -0.1) is 0 Å². The molecule has 0 saturated carbocycles. The smallest absolute Gasteiger partial charge is 0.261 e. The summed E-state index contributed by atoms with van der Waals surface area (Å²) in [6, 6.07) is 5.79. The van der Waals surface area contributed by atoms with Gasteiger partial charge in [0, 0.05) is 0 Å². The zero-order chi connectivity index (χ0) is 21.1. The quantitative estimate of drug-likeness (QED) is 0.607. The number of methoxy groups -OCH3 is 3. The fraction of sp³-hybridized carbons (Fsp3) is 0.364. The van der Waals surface area contributed by atoms with E-state index in [9.17, 15) is 4.79 Å². The number of aromatic nitrogens is 2. The molecule has 0 N–H and O–H groups in total. The fourth-order valence-electron chi connectivity index (χ4n) is 3.57. The van der Waals surface area contributed by atoms with Gasteiger partial charge in [-0.2, -0.15) is 0 Å². The maximum absolute atomic E-state index is 13.0. The largest absolute Gasteiger partial charge is 0.493 e. The maximum Gasteiger partial charge on any atom is 0.261 e. The summed E-state index contributed by atoms with van der Waals surface area (Å²) in [6.45, 7) is 6.81. The van der Waals surface area contributed by atoms with Crippen LogP contribution in [0.2, 0.25) is 0 Å². The van der Waals surface area contributed by atoms with Crippen molar-refractivity contribution in [1.29, 1.82) is 0 Å². The number of nitrogens with zero attached hydrogens (tertiary/aromatic N) is 2. The number of fused-ring (bicyclic) bond motifs is 1. The number of hydrogen-bond acceptors (Lipinski definition) is 6. The molecule has 0 atom stereocenters. The summed E-state index contributed by atoms with van der Waals surface area (Å²) >= 11 is 0. The second kappa shape index (κ2) is 8.43. The molecule has 0 radical (unpaired) electrons. The molecule has 1 aromatic heterocycles. The third-order valence-corrected chi connectivity index (χ3v) is 4.80. The van der Waals surface area contributed by atoms with E-state index < -0.39 is 0 Å². The van der Waals surface area contributed by atoms with Crippen molar-refractivity contribution in [2.75, 3.05) is 27.9 Å². The molecule has 7 heteroatoms. The summed E-state index contributed by atoms with van der Waals surface area (Å²) < 4.78 is 23.6. The van der Waals surface area contributed by atoms with Crippen molar-refractivity contribution in [2.24, 2.45) is 0 Å². The number of benzene rings is 2. The van der Waals surface area contributed by atoms with E-state index in [1.54, 1.807) is 6.07 Å². The van der Waals surface area contributed by atoms with Crippen molar-refractivity contribution < 1.29 is 18.9 Å². The van der Waals surface area contributed by atoms with Crippen LogP contribution in [0.5, 0.6) is 23.0 Å². The van der Waals surface area contributed by atoms with E-state index in [1.807, 2.05) is 13.8 Å². The Hall–Kier alpha value is -3.22. The second-order valence-corrected chi connectivity index (χ2v) is 6.86. The summed E-state index contributed by atoms with van der Waals surface area (Å²) in [6.07, 6.45) is 1.50. The Bertz CT molecular complexity index is 1080. The second-order valence-electron chi connectivity index (χ2n) is 6.86. The van der Waals surface area contributed by atoms with Crippen molar-refractivity contribution in [3.8, 4) is 23.0 Å². The van der Waals surface area contributed by atoms with Gasteiger partial charge >= 0.3 is 0 Å². The third-order valence-electron chi connectivity index (χ3n) is 4.80. The Morgan fingerprint density at radius 2 is 1.55 bits per heavy atom. The van der Waals surface area contributed by atoms with Crippen molar-refractivity contribution in [3.05, 3.63) is 51.6 Å². The molecule has 29 heavy (non-hydrogen) atoms. The van der Waals surface area contributed by atoms with Crippen LogP contribution in [0.25, 0.3) is 10.9 Å². The molecule has 0 aliphatic carbocycles. The highest BCUT2D eigenvalue weighted by Gasteiger charge is 2.19. The van der Waals surface area contributed by atoms with Gasteiger partial charge in [-0.1, -0.05) is 17.7 Å². The van der Waals surface area contributed by atoms with E-state index in [2.05, 4.69) is 24.0 Å². The number of aryl methyl sites for hydroxylation is 3. The minimum absolute atomic E-state index is 0.199. The summed E-state index contributed by atoms with van der Waals surface area (Å²) in [5, 5.41) is 0.393. The standard InChI is InChI=1S/C22H26N2O5/c1-13-9-14(2)19(15(3)10-13)29-8-7-24-12-23-18-16(22(24)25)11-17(26-4)20(27-5)21(18)28-6/h9-12H,7-8H2,1-6H3. The molecule has 2 aromatic carbocycles. The Balaban J connectivity index is 1.92. The van der Waals surface area contributed by atoms with Gasteiger partial charge in [0.15, 0.2) is 11.5 Å². The third kappa shape index (κ3) is 3.85. The van der Waals surface area contributed by atoms with Crippen LogP contribution in [0.3, 0.4) is 0 Å². The first-order chi connectivity index (χ1) is 13.9. The predicted molar refractivity (Wildman–Crippen MR) is 112 cm³/mol. The Labute approximate surface area is 169 Å². The van der Waals surface area contributed by atoms with E-state index in [-0.39, 0.29) is 5.56 Å². The molecular formula is C22H26N2O5. The monoisotopic (exact) mass is 398 g/mol. The first-order valence-corrected chi connectivity index (χ1v) is 9.30. The van der Waals surface area contributed by atoms with E-state index in [1.165, 1.54) is 37.8 Å². The van der Waals surface area contributed by atoms with Gasteiger partial charge in [0.2, 0.25) is 5.75 Å². The zero-order valence-corrected chi connectivity index (χ0v) is 17.7.